The standard InChI is InChI=1S/C14H9F5O2/c15-12(16)11(14(17,18)19)21-13(20)10-6-5-8-3-1-2-4-9(8)7-10/h1-7,11-12H. The monoisotopic (exact) mass is 304 g/mol. The van der Waals surface area contributed by atoms with Crippen molar-refractivity contribution in [1.29, 1.82) is 0 Å². The Labute approximate surface area is 116 Å². The lowest BCUT2D eigenvalue weighted by Crippen LogP contribution is -2.39. The minimum absolute atomic E-state index is 0.219. The van der Waals surface area contributed by atoms with Crippen molar-refractivity contribution in [3.63, 3.8) is 0 Å². The van der Waals surface area contributed by atoms with Crippen LogP contribution in [0.5, 0.6) is 0 Å². The molecule has 112 valence electrons. The van der Waals surface area contributed by atoms with Gasteiger partial charge in [-0.3, -0.25) is 0 Å². The molecule has 0 aliphatic heterocycles. The average Bonchev–Trinajstić information content (AvgIpc) is 2.42. The number of fused-ring (bicyclic) bond motifs is 1. The Morgan fingerprint density at radius 1 is 1.00 bits per heavy atom. The van der Waals surface area contributed by atoms with Crippen molar-refractivity contribution in [2.24, 2.45) is 0 Å². The lowest BCUT2D eigenvalue weighted by atomic mass is 10.1. The molecule has 0 saturated heterocycles. The van der Waals surface area contributed by atoms with Crippen LogP contribution in [0.2, 0.25) is 0 Å². The molecule has 1 unspecified atom stereocenters. The Hall–Kier alpha value is -2.18. The molecular weight excluding hydrogens is 295 g/mol. The highest BCUT2D eigenvalue weighted by Crippen LogP contribution is 2.28. The predicted molar refractivity (Wildman–Crippen MR) is 65.2 cm³/mol. The third-order valence-corrected chi connectivity index (χ3v) is 2.77. The Balaban J connectivity index is 2.25. The first-order chi connectivity index (χ1) is 9.79. The van der Waals surface area contributed by atoms with Crippen molar-refractivity contribution >= 4 is 16.7 Å². The molecule has 0 bridgehead atoms. The van der Waals surface area contributed by atoms with Gasteiger partial charge >= 0.3 is 12.1 Å². The van der Waals surface area contributed by atoms with Crippen LogP contribution in [0.4, 0.5) is 22.0 Å². The zero-order chi connectivity index (χ0) is 15.6. The van der Waals surface area contributed by atoms with Gasteiger partial charge in [0.15, 0.2) is 0 Å². The minimum atomic E-state index is -5.32. The fourth-order valence-electron chi connectivity index (χ4n) is 1.76. The summed E-state index contributed by atoms with van der Waals surface area (Å²) in [5.41, 5.74) is -0.219. The summed E-state index contributed by atoms with van der Waals surface area (Å²) in [6, 6.07) is 10.8. The normalized spacial score (nSPS) is 13.4. The molecule has 0 N–H and O–H groups in total. The van der Waals surface area contributed by atoms with Gasteiger partial charge < -0.3 is 4.74 Å². The number of hydrogen-bond donors (Lipinski definition) is 0. The van der Waals surface area contributed by atoms with Crippen LogP contribution in [-0.4, -0.2) is 24.7 Å². The van der Waals surface area contributed by atoms with E-state index in [0.717, 1.165) is 5.39 Å². The summed E-state index contributed by atoms with van der Waals surface area (Å²) in [7, 11) is 0. The second-order valence-corrected chi connectivity index (χ2v) is 4.26. The van der Waals surface area contributed by atoms with Crippen molar-refractivity contribution in [2.75, 3.05) is 0 Å². The van der Waals surface area contributed by atoms with E-state index in [1.807, 2.05) is 0 Å². The van der Waals surface area contributed by atoms with Gasteiger partial charge in [-0.05, 0) is 22.9 Å². The van der Waals surface area contributed by atoms with Gasteiger partial charge in [-0.25, -0.2) is 13.6 Å². The highest BCUT2D eigenvalue weighted by Gasteiger charge is 2.49. The van der Waals surface area contributed by atoms with E-state index in [1.165, 1.54) is 18.2 Å². The lowest BCUT2D eigenvalue weighted by molar-refractivity contribution is -0.236. The quantitative estimate of drug-likeness (QED) is 0.628. The maximum absolute atomic E-state index is 12.3. The predicted octanol–water partition coefficient (Wildman–Crippen LogP) is 4.19. The van der Waals surface area contributed by atoms with E-state index in [4.69, 9.17) is 0 Å². The molecule has 0 fully saturated rings. The summed E-state index contributed by atoms with van der Waals surface area (Å²) in [6.45, 7) is 0. The zero-order valence-corrected chi connectivity index (χ0v) is 10.4. The molecule has 7 heteroatoms. The van der Waals surface area contributed by atoms with Gasteiger partial charge in [-0.1, -0.05) is 30.3 Å². The molecule has 2 nitrogen and oxygen atoms in total. The molecule has 1 atom stereocenters. The molecule has 0 spiro atoms. The molecule has 2 aromatic rings. The molecule has 0 aliphatic rings. The lowest BCUT2D eigenvalue weighted by Gasteiger charge is -2.19. The van der Waals surface area contributed by atoms with Crippen molar-refractivity contribution in [3.8, 4) is 0 Å². The second kappa shape index (κ2) is 5.67. The third-order valence-electron chi connectivity index (χ3n) is 2.77. The Morgan fingerprint density at radius 3 is 2.19 bits per heavy atom. The van der Waals surface area contributed by atoms with E-state index in [-0.39, 0.29) is 5.56 Å². The number of hydrogen-bond acceptors (Lipinski definition) is 2. The van der Waals surface area contributed by atoms with Crippen LogP contribution < -0.4 is 0 Å². The molecule has 0 aliphatic carbocycles. The zero-order valence-electron chi connectivity index (χ0n) is 10.4. The Kier molecular flexibility index (Phi) is 4.11. The summed E-state index contributed by atoms with van der Waals surface area (Å²) in [5.74, 6) is -1.44. The highest BCUT2D eigenvalue weighted by atomic mass is 19.4. The number of rotatable bonds is 3. The molecular formula is C14H9F5O2. The molecule has 2 aromatic carbocycles. The summed E-state index contributed by atoms with van der Waals surface area (Å²) in [4.78, 5) is 11.6. The fourth-order valence-corrected chi connectivity index (χ4v) is 1.76. The van der Waals surface area contributed by atoms with E-state index >= 15 is 0 Å². The number of carbonyl (C=O) groups excluding carboxylic acids is 1. The van der Waals surface area contributed by atoms with Gasteiger partial charge in [0.1, 0.15) is 0 Å². The van der Waals surface area contributed by atoms with E-state index < -0.39 is 24.7 Å². The van der Waals surface area contributed by atoms with Crippen LogP contribution >= 0.6 is 0 Å². The average molecular weight is 304 g/mol. The molecule has 2 rings (SSSR count). The highest BCUT2D eigenvalue weighted by molar-refractivity contribution is 5.95. The van der Waals surface area contributed by atoms with Crippen LogP contribution in [0.3, 0.4) is 0 Å². The molecule has 0 radical (unpaired) electrons. The van der Waals surface area contributed by atoms with Crippen molar-refractivity contribution in [3.05, 3.63) is 48.0 Å². The number of ether oxygens (including phenoxy) is 1. The molecule has 0 amide bonds. The van der Waals surface area contributed by atoms with E-state index in [0.29, 0.717) is 5.39 Å². The summed E-state index contributed by atoms with van der Waals surface area (Å²) in [5, 5.41) is 1.35. The van der Waals surface area contributed by atoms with Gasteiger partial charge in [0.05, 0.1) is 5.56 Å². The smallest absolute Gasteiger partial charge is 0.431 e. The minimum Gasteiger partial charge on any atom is -0.443 e. The van der Waals surface area contributed by atoms with Crippen LogP contribution in [0, 0.1) is 0 Å². The number of halogens is 5. The second-order valence-electron chi connectivity index (χ2n) is 4.26. The number of carbonyl (C=O) groups is 1. The molecule has 0 saturated carbocycles. The Bertz CT molecular complexity index is 651. The summed E-state index contributed by atoms with van der Waals surface area (Å²) < 4.78 is 65.6. The first-order valence-corrected chi connectivity index (χ1v) is 5.83. The van der Waals surface area contributed by atoms with Gasteiger partial charge in [-0.2, -0.15) is 13.2 Å². The summed E-state index contributed by atoms with van der Waals surface area (Å²) >= 11 is 0. The van der Waals surface area contributed by atoms with Crippen molar-refractivity contribution in [1.82, 2.24) is 0 Å². The maximum Gasteiger partial charge on any atom is 0.431 e. The third kappa shape index (κ3) is 3.48. The molecule has 21 heavy (non-hydrogen) atoms. The van der Waals surface area contributed by atoms with E-state index in [9.17, 15) is 26.7 Å². The Morgan fingerprint density at radius 2 is 1.62 bits per heavy atom. The van der Waals surface area contributed by atoms with Crippen LogP contribution in [0.25, 0.3) is 10.8 Å². The van der Waals surface area contributed by atoms with E-state index in [2.05, 4.69) is 4.74 Å². The number of esters is 1. The maximum atomic E-state index is 12.3. The van der Waals surface area contributed by atoms with Gasteiger partial charge in [0, 0.05) is 0 Å². The first-order valence-electron chi connectivity index (χ1n) is 5.83. The first kappa shape index (κ1) is 15.2. The fraction of sp³-hybridized carbons (Fsp3) is 0.214. The topological polar surface area (TPSA) is 26.3 Å². The van der Waals surface area contributed by atoms with Crippen LogP contribution in [0.15, 0.2) is 42.5 Å². The summed E-state index contributed by atoms with van der Waals surface area (Å²) in [6.07, 6.45) is -12.6. The number of alkyl halides is 5. The molecule has 0 aromatic heterocycles. The largest absolute Gasteiger partial charge is 0.443 e. The van der Waals surface area contributed by atoms with Crippen LogP contribution in [0.1, 0.15) is 10.4 Å². The van der Waals surface area contributed by atoms with Crippen LogP contribution in [-0.2, 0) is 4.74 Å². The molecule has 0 heterocycles. The van der Waals surface area contributed by atoms with Gasteiger partial charge in [0.25, 0.3) is 12.5 Å². The van der Waals surface area contributed by atoms with Crippen molar-refractivity contribution in [2.45, 2.75) is 18.7 Å². The van der Waals surface area contributed by atoms with Crippen molar-refractivity contribution < 1.29 is 31.5 Å². The van der Waals surface area contributed by atoms with Gasteiger partial charge in [-0.15, -0.1) is 0 Å². The SMILES string of the molecule is O=C(OC(C(F)F)C(F)(F)F)c1ccc2ccccc2c1. The number of benzene rings is 2. The van der Waals surface area contributed by atoms with Gasteiger partial charge in [0.2, 0.25) is 0 Å². The van der Waals surface area contributed by atoms with E-state index in [1.54, 1.807) is 24.3 Å².